The average Bonchev–Trinajstić information content (AvgIpc) is 2.42. The molecule has 4 heteroatoms. The second-order valence-corrected chi connectivity index (χ2v) is 3.44. The van der Waals surface area contributed by atoms with Gasteiger partial charge < -0.3 is 14.6 Å². The molecule has 0 saturated carbocycles. The molecule has 1 aromatic rings. The van der Waals surface area contributed by atoms with Gasteiger partial charge in [-0.1, -0.05) is 25.3 Å². The van der Waals surface area contributed by atoms with Gasteiger partial charge in [0.25, 0.3) is 0 Å². The van der Waals surface area contributed by atoms with Gasteiger partial charge in [0.15, 0.2) is 17.3 Å². The van der Waals surface area contributed by atoms with Crippen molar-refractivity contribution >= 4 is 5.78 Å². The van der Waals surface area contributed by atoms with Crippen molar-refractivity contribution in [3.63, 3.8) is 0 Å². The lowest BCUT2D eigenvalue weighted by atomic mass is 10.1. The molecule has 18 heavy (non-hydrogen) atoms. The van der Waals surface area contributed by atoms with Gasteiger partial charge in [0, 0.05) is 5.56 Å². The fourth-order valence-corrected chi connectivity index (χ4v) is 1.30. The number of ketones is 1. The number of aliphatic hydroxyl groups excluding tert-OH is 1. The number of carbonyl (C=O) groups excluding carboxylic acids is 1. The van der Waals surface area contributed by atoms with E-state index in [0.29, 0.717) is 30.3 Å². The summed E-state index contributed by atoms with van der Waals surface area (Å²) in [6.07, 6.45) is 3.21. The highest BCUT2D eigenvalue weighted by Crippen LogP contribution is 2.28. The Kier molecular flexibility index (Phi) is 5.67. The Morgan fingerprint density at radius 3 is 2.33 bits per heavy atom. The summed E-state index contributed by atoms with van der Waals surface area (Å²) in [6.45, 7) is 7.23. The molecule has 0 atom stereocenters. The maximum absolute atomic E-state index is 11.4. The molecule has 1 aromatic carbocycles. The van der Waals surface area contributed by atoms with Gasteiger partial charge in [0.2, 0.25) is 0 Å². The summed E-state index contributed by atoms with van der Waals surface area (Å²) in [6, 6.07) is 4.75. The highest BCUT2D eigenvalue weighted by molar-refractivity contribution is 5.97. The second-order valence-electron chi connectivity index (χ2n) is 3.44. The van der Waals surface area contributed by atoms with Crippen LogP contribution in [0.3, 0.4) is 0 Å². The molecule has 0 bridgehead atoms. The molecule has 1 N–H and O–H groups in total. The Morgan fingerprint density at radius 1 is 1.17 bits per heavy atom. The molecule has 0 unspecified atom stereocenters. The minimum absolute atomic E-state index is 0.307. The van der Waals surface area contributed by atoms with Crippen LogP contribution in [0.4, 0.5) is 0 Å². The highest BCUT2D eigenvalue weighted by Gasteiger charge is 2.10. The SMILES string of the molecule is C=CCOc1ccc(C(=O)CO)cc1OCC=C. The number of Topliss-reactive ketones (excluding diaryl/α,β-unsaturated/α-hetero) is 1. The third-order valence-electron chi connectivity index (χ3n) is 2.12. The fraction of sp³-hybridized carbons (Fsp3) is 0.214. The van der Waals surface area contributed by atoms with Crippen LogP contribution in [-0.4, -0.2) is 30.7 Å². The third kappa shape index (κ3) is 3.75. The molecule has 0 aliphatic rings. The normalized spacial score (nSPS) is 9.61. The largest absolute Gasteiger partial charge is 0.486 e. The molecule has 96 valence electrons. The van der Waals surface area contributed by atoms with Crippen LogP contribution in [0.25, 0.3) is 0 Å². The average molecular weight is 248 g/mol. The van der Waals surface area contributed by atoms with Crippen molar-refractivity contribution in [2.75, 3.05) is 19.8 Å². The van der Waals surface area contributed by atoms with E-state index in [2.05, 4.69) is 13.2 Å². The zero-order chi connectivity index (χ0) is 13.4. The molecule has 0 amide bonds. The molecule has 1 rings (SSSR count). The maximum Gasteiger partial charge on any atom is 0.188 e. The first-order valence-corrected chi connectivity index (χ1v) is 5.48. The molecule has 0 spiro atoms. The molecule has 4 nitrogen and oxygen atoms in total. The van der Waals surface area contributed by atoms with E-state index < -0.39 is 6.61 Å². The van der Waals surface area contributed by atoms with Crippen LogP contribution in [0.1, 0.15) is 10.4 Å². The number of benzene rings is 1. The summed E-state index contributed by atoms with van der Waals surface area (Å²) in [5.74, 6) is 0.594. The summed E-state index contributed by atoms with van der Waals surface area (Å²) in [4.78, 5) is 11.4. The summed E-state index contributed by atoms with van der Waals surface area (Å²) in [5, 5.41) is 8.81. The first kappa shape index (κ1) is 14.0. The van der Waals surface area contributed by atoms with Crippen LogP contribution in [-0.2, 0) is 0 Å². The van der Waals surface area contributed by atoms with E-state index in [-0.39, 0.29) is 5.78 Å². The molecule has 0 radical (unpaired) electrons. The van der Waals surface area contributed by atoms with Gasteiger partial charge in [-0.15, -0.1) is 0 Å². The van der Waals surface area contributed by atoms with Gasteiger partial charge in [0.1, 0.15) is 19.8 Å². The summed E-state index contributed by atoms with van der Waals surface area (Å²) >= 11 is 0. The summed E-state index contributed by atoms with van der Waals surface area (Å²) < 4.78 is 10.8. The standard InChI is InChI=1S/C14H16O4/c1-3-7-17-13-6-5-11(12(16)10-15)9-14(13)18-8-4-2/h3-6,9,15H,1-2,7-8,10H2. The molecular formula is C14H16O4. The molecule has 0 saturated heterocycles. The zero-order valence-corrected chi connectivity index (χ0v) is 10.1. The third-order valence-corrected chi connectivity index (χ3v) is 2.12. The highest BCUT2D eigenvalue weighted by atomic mass is 16.5. The van der Waals surface area contributed by atoms with Gasteiger partial charge in [-0.3, -0.25) is 4.79 Å². The molecule has 0 aliphatic heterocycles. The van der Waals surface area contributed by atoms with Crippen LogP contribution in [0.2, 0.25) is 0 Å². The van der Waals surface area contributed by atoms with Crippen molar-refractivity contribution < 1.29 is 19.4 Å². The minimum Gasteiger partial charge on any atom is -0.486 e. The van der Waals surface area contributed by atoms with Gasteiger partial charge in [0.05, 0.1) is 0 Å². The Bertz CT molecular complexity index is 437. The smallest absolute Gasteiger partial charge is 0.188 e. The Hall–Kier alpha value is -2.07. The zero-order valence-electron chi connectivity index (χ0n) is 10.1. The predicted octanol–water partition coefficient (Wildman–Crippen LogP) is 1.99. The van der Waals surface area contributed by atoms with Crippen molar-refractivity contribution in [1.82, 2.24) is 0 Å². The van der Waals surface area contributed by atoms with E-state index >= 15 is 0 Å². The van der Waals surface area contributed by atoms with E-state index in [9.17, 15) is 4.79 Å². The first-order valence-electron chi connectivity index (χ1n) is 5.48. The first-order chi connectivity index (χ1) is 8.72. The number of rotatable bonds is 8. The number of aliphatic hydroxyl groups is 1. The monoisotopic (exact) mass is 248 g/mol. The van der Waals surface area contributed by atoms with Crippen molar-refractivity contribution in [3.05, 3.63) is 49.1 Å². The molecular weight excluding hydrogens is 232 g/mol. The van der Waals surface area contributed by atoms with Crippen molar-refractivity contribution in [1.29, 1.82) is 0 Å². The number of hydrogen-bond donors (Lipinski definition) is 1. The maximum atomic E-state index is 11.4. The summed E-state index contributed by atoms with van der Waals surface area (Å²) in [5.41, 5.74) is 0.377. The molecule has 0 fully saturated rings. The molecule has 0 aliphatic carbocycles. The Morgan fingerprint density at radius 2 is 1.78 bits per heavy atom. The van der Waals surface area contributed by atoms with Gasteiger partial charge in [-0.25, -0.2) is 0 Å². The lowest BCUT2D eigenvalue weighted by Gasteiger charge is -2.11. The van der Waals surface area contributed by atoms with E-state index in [4.69, 9.17) is 14.6 Å². The Labute approximate surface area is 106 Å². The van der Waals surface area contributed by atoms with E-state index in [1.165, 1.54) is 0 Å². The van der Waals surface area contributed by atoms with Crippen LogP contribution in [0.5, 0.6) is 11.5 Å². The lowest BCUT2D eigenvalue weighted by Crippen LogP contribution is -2.06. The number of carbonyl (C=O) groups is 1. The van der Waals surface area contributed by atoms with Crippen molar-refractivity contribution in [3.8, 4) is 11.5 Å². The quantitative estimate of drug-likeness (QED) is 0.564. The van der Waals surface area contributed by atoms with Crippen LogP contribution in [0, 0.1) is 0 Å². The van der Waals surface area contributed by atoms with E-state index in [1.54, 1.807) is 30.4 Å². The topological polar surface area (TPSA) is 55.8 Å². The van der Waals surface area contributed by atoms with Crippen molar-refractivity contribution in [2.45, 2.75) is 0 Å². The van der Waals surface area contributed by atoms with Crippen LogP contribution >= 0.6 is 0 Å². The molecule has 0 aromatic heterocycles. The minimum atomic E-state index is -0.534. The van der Waals surface area contributed by atoms with Crippen LogP contribution in [0.15, 0.2) is 43.5 Å². The fourth-order valence-electron chi connectivity index (χ4n) is 1.30. The van der Waals surface area contributed by atoms with E-state index in [0.717, 1.165) is 0 Å². The predicted molar refractivity (Wildman–Crippen MR) is 69.2 cm³/mol. The van der Waals surface area contributed by atoms with Gasteiger partial charge in [-0.2, -0.15) is 0 Å². The summed E-state index contributed by atoms with van der Waals surface area (Å²) in [7, 11) is 0. The molecule has 0 heterocycles. The van der Waals surface area contributed by atoms with E-state index in [1.807, 2.05) is 0 Å². The number of ether oxygens (including phenoxy) is 2. The van der Waals surface area contributed by atoms with Crippen LogP contribution < -0.4 is 9.47 Å². The Balaban J connectivity index is 2.98. The van der Waals surface area contributed by atoms with Gasteiger partial charge >= 0.3 is 0 Å². The number of hydrogen-bond acceptors (Lipinski definition) is 4. The van der Waals surface area contributed by atoms with Crippen molar-refractivity contribution in [2.24, 2.45) is 0 Å². The second kappa shape index (κ2) is 7.29. The van der Waals surface area contributed by atoms with Gasteiger partial charge in [-0.05, 0) is 18.2 Å². The lowest BCUT2D eigenvalue weighted by molar-refractivity contribution is 0.0903.